The van der Waals surface area contributed by atoms with Gasteiger partial charge in [0, 0.05) is 9.58 Å². The fourth-order valence-corrected chi connectivity index (χ4v) is 3.67. The lowest BCUT2D eigenvalue weighted by Gasteiger charge is -2.21. The summed E-state index contributed by atoms with van der Waals surface area (Å²) in [5.41, 5.74) is 1.36. The highest BCUT2D eigenvalue weighted by Crippen LogP contribution is 2.35. The van der Waals surface area contributed by atoms with Crippen LogP contribution in [0, 0.1) is 0 Å². The number of fused-ring (bicyclic) bond motifs is 1. The van der Waals surface area contributed by atoms with E-state index in [-0.39, 0.29) is 0 Å². The standard InChI is InChI=1S/C15H17NOS/c1-16-15(12-6-4-8-17-10-12)14-9-11-5-2-3-7-13(11)18-14/h2-3,5,7,9-10,15-16H,4,6,8H2,1H3. The Morgan fingerprint density at radius 3 is 2.94 bits per heavy atom. The Morgan fingerprint density at radius 1 is 1.33 bits per heavy atom. The molecular formula is C15H17NOS. The van der Waals surface area contributed by atoms with E-state index in [0.29, 0.717) is 6.04 Å². The molecule has 94 valence electrons. The highest BCUT2D eigenvalue weighted by Gasteiger charge is 2.19. The Labute approximate surface area is 111 Å². The van der Waals surface area contributed by atoms with Crippen molar-refractivity contribution in [3.8, 4) is 0 Å². The molecule has 2 heterocycles. The fraction of sp³-hybridized carbons (Fsp3) is 0.333. The molecule has 1 aliphatic heterocycles. The number of hydrogen-bond donors (Lipinski definition) is 1. The molecule has 1 aromatic carbocycles. The van der Waals surface area contributed by atoms with Crippen LogP contribution in [0.1, 0.15) is 23.8 Å². The minimum atomic E-state index is 0.294. The average Bonchev–Trinajstić information content (AvgIpc) is 2.84. The molecule has 2 aromatic rings. The molecule has 0 aliphatic carbocycles. The third kappa shape index (κ3) is 2.16. The van der Waals surface area contributed by atoms with Gasteiger partial charge < -0.3 is 10.1 Å². The van der Waals surface area contributed by atoms with Crippen molar-refractivity contribution in [1.82, 2.24) is 5.32 Å². The van der Waals surface area contributed by atoms with Crippen LogP contribution in [0.4, 0.5) is 0 Å². The van der Waals surface area contributed by atoms with Gasteiger partial charge in [0.25, 0.3) is 0 Å². The summed E-state index contributed by atoms with van der Waals surface area (Å²) in [4.78, 5) is 1.37. The van der Waals surface area contributed by atoms with Crippen LogP contribution in [0.5, 0.6) is 0 Å². The zero-order chi connectivity index (χ0) is 12.4. The molecule has 2 nitrogen and oxygen atoms in total. The number of ether oxygens (including phenoxy) is 1. The number of benzene rings is 1. The van der Waals surface area contributed by atoms with E-state index in [2.05, 4.69) is 35.6 Å². The van der Waals surface area contributed by atoms with Crippen LogP contribution in [0.25, 0.3) is 10.1 Å². The molecule has 0 amide bonds. The van der Waals surface area contributed by atoms with E-state index >= 15 is 0 Å². The van der Waals surface area contributed by atoms with E-state index in [1.807, 2.05) is 24.6 Å². The molecular weight excluding hydrogens is 242 g/mol. The van der Waals surface area contributed by atoms with Gasteiger partial charge in [0.1, 0.15) is 0 Å². The van der Waals surface area contributed by atoms with Crippen LogP contribution >= 0.6 is 11.3 Å². The molecule has 18 heavy (non-hydrogen) atoms. The zero-order valence-corrected chi connectivity index (χ0v) is 11.3. The van der Waals surface area contributed by atoms with Gasteiger partial charge in [-0.15, -0.1) is 11.3 Å². The van der Waals surface area contributed by atoms with Gasteiger partial charge in [0.15, 0.2) is 0 Å². The molecule has 1 aliphatic rings. The fourth-order valence-electron chi connectivity index (χ4n) is 2.45. The van der Waals surface area contributed by atoms with Crippen LogP contribution in [-0.4, -0.2) is 13.7 Å². The van der Waals surface area contributed by atoms with E-state index in [4.69, 9.17) is 4.74 Å². The maximum absolute atomic E-state index is 5.46. The van der Waals surface area contributed by atoms with Gasteiger partial charge >= 0.3 is 0 Å². The second-order valence-electron chi connectivity index (χ2n) is 4.58. The van der Waals surface area contributed by atoms with E-state index in [9.17, 15) is 0 Å². The molecule has 0 saturated heterocycles. The van der Waals surface area contributed by atoms with Crippen LogP contribution in [0.15, 0.2) is 42.2 Å². The van der Waals surface area contributed by atoms with E-state index in [1.165, 1.54) is 20.5 Å². The number of nitrogens with one attached hydrogen (secondary N) is 1. The van der Waals surface area contributed by atoms with Gasteiger partial charge in [0.2, 0.25) is 0 Å². The minimum Gasteiger partial charge on any atom is -0.501 e. The Balaban J connectivity index is 1.97. The molecule has 0 saturated carbocycles. The van der Waals surface area contributed by atoms with Crippen molar-refractivity contribution in [2.75, 3.05) is 13.7 Å². The average molecular weight is 259 g/mol. The maximum atomic E-state index is 5.46. The molecule has 0 radical (unpaired) electrons. The molecule has 3 rings (SSSR count). The summed E-state index contributed by atoms with van der Waals surface area (Å²) in [6.45, 7) is 0.854. The number of likely N-dealkylation sites (N-methyl/N-ethyl adjacent to an activating group) is 1. The summed E-state index contributed by atoms with van der Waals surface area (Å²) in [6, 6.07) is 11.1. The third-order valence-corrected chi connectivity index (χ3v) is 4.53. The van der Waals surface area contributed by atoms with Crippen LogP contribution in [0.3, 0.4) is 0 Å². The van der Waals surface area contributed by atoms with Crippen molar-refractivity contribution in [1.29, 1.82) is 0 Å². The largest absolute Gasteiger partial charge is 0.501 e. The molecule has 1 unspecified atom stereocenters. The maximum Gasteiger partial charge on any atom is 0.0876 e. The summed E-state index contributed by atoms with van der Waals surface area (Å²) in [5.74, 6) is 0. The first-order chi connectivity index (χ1) is 8.88. The Hall–Kier alpha value is -1.32. The molecule has 0 fully saturated rings. The smallest absolute Gasteiger partial charge is 0.0876 e. The second-order valence-corrected chi connectivity index (χ2v) is 5.69. The number of hydrogen-bond acceptors (Lipinski definition) is 3. The summed E-state index contributed by atoms with van der Waals surface area (Å²) < 4.78 is 6.81. The molecule has 0 spiro atoms. The number of thiophene rings is 1. The van der Waals surface area contributed by atoms with Crippen LogP contribution in [-0.2, 0) is 4.74 Å². The third-order valence-electron chi connectivity index (χ3n) is 3.35. The van der Waals surface area contributed by atoms with Gasteiger partial charge in [-0.05, 0) is 43.0 Å². The molecule has 1 N–H and O–H groups in total. The number of rotatable bonds is 3. The van der Waals surface area contributed by atoms with Gasteiger partial charge in [0.05, 0.1) is 18.9 Å². The molecule has 3 heteroatoms. The van der Waals surface area contributed by atoms with Crippen molar-refractivity contribution in [2.24, 2.45) is 0 Å². The zero-order valence-electron chi connectivity index (χ0n) is 10.5. The van der Waals surface area contributed by atoms with Crippen molar-refractivity contribution >= 4 is 21.4 Å². The summed E-state index contributed by atoms with van der Waals surface area (Å²) in [6.07, 6.45) is 4.18. The van der Waals surface area contributed by atoms with E-state index in [1.54, 1.807) is 0 Å². The van der Waals surface area contributed by atoms with Gasteiger partial charge in [-0.3, -0.25) is 0 Å². The summed E-state index contributed by atoms with van der Waals surface area (Å²) in [5, 5.41) is 4.74. The Bertz CT molecular complexity index is 540. The van der Waals surface area contributed by atoms with Crippen LogP contribution in [0.2, 0.25) is 0 Å². The monoisotopic (exact) mass is 259 g/mol. The lowest BCUT2D eigenvalue weighted by molar-refractivity contribution is 0.220. The van der Waals surface area contributed by atoms with Crippen molar-refractivity contribution < 1.29 is 4.74 Å². The second kappa shape index (κ2) is 5.12. The van der Waals surface area contributed by atoms with Gasteiger partial charge in [-0.25, -0.2) is 0 Å². The van der Waals surface area contributed by atoms with Crippen LogP contribution < -0.4 is 5.32 Å². The predicted molar refractivity (Wildman–Crippen MR) is 76.9 cm³/mol. The first kappa shape index (κ1) is 11.8. The Kier molecular flexibility index (Phi) is 3.35. The first-order valence-corrected chi connectivity index (χ1v) is 7.16. The normalized spacial score (nSPS) is 17.3. The molecule has 0 bridgehead atoms. The SMILES string of the molecule is CNC(C1=COCCC1)c1cc2ccccc2s1. The summed E-state index contributed by atoms with van der Waals surface area (Å²) >= 11 is 1.86. The lowest BCUT2D eigenvalue weighted by atomic mass is 10.0. The van der Waals surface area contributed by atoms with Crippen molar-refractivity contribution in [3.05, 3.63) is 47.0 Å². The highest BCUT2D eigenvalue weighted by molar-refractivity contribution is 7.19. The first-order valence-electron chi connectivity index (χ1n) is 6.35. The Morgan fingerprint density at radius 2 is 2.22 bits per heavy atom. The highest BCUT2D eigenvalue weighted by atomic mass is 32.1. The quantitative estimate of drug-likeness (QED) is 0.904. The van der Waals surface area contributed by atoms with Gasteiger partial charge in [-0.1, -0.05) is 18.2 Å². The van der Waals surface area contributed by atoms with Gasteiger partial charge in [-0.2, -0.15) is 0 Å². The molecule has 1 atom stereocenters. The summed E-state index contributed by atoms with van der Waals surface area (Å²) in [7, 11) is 2.02. The van der Waals surface area contributed by atoms with E-state index < -0.39 is 0 Å². The topological polar surface area (TPSA) is 21.3 Å². The van der Waals surface area contributed by atoms with Crippen molar-refractivity contribution in [3.63, 3.8) is 0 Å². The predicted octanol–water partition coefficient (Wildman–Crippen LogP) is 3.86. The molecule has 1 aromatic heterocycles. The van der Waals surface area contributed by atoms with E-state index in [0.717, 1.165) is 19.4 Å². The minimum absolute atomic E-state index is 0.294. The lowest BCUT2D eigenvalue weighted by Crippen LogP contribution is -2.19. The van der Waals surface area contributed by atoms with Crippen molar-refractivity contribution in [2.45, 2.75) is 18.9 Å².